The molecular weight excluding hydrogens is 302 g/mol. The summed E-state index contributed by atoms with van der Waals surface area (Å²) in [6.45, 7) is 9.45. The van der Waals surface area contributed by atoms with Crippen LogP contribution in [0.1, 0.15) is 78.2 Å². The highest BCUT2D eigenvalue weighted by Crippen LogP contribution is 2.47. The SMILES string of the molecule is CC.CCCCCCC1(CCC)CN(S(C)=O)c2ccccc21. The minimum absolute atomic E-state index is 0.213. The van der Waals surface area contributed by atoms with Crippen molar-refractivity contribution in [1.29, 1.82) is 0 Å². The number of hydrogen-bond acceptors (Lipinski definition) is 1. The van der Waals surface area contributed by atoms with E-state index >= 15 is 0 Å². The second-order valence-electron chi connectivity index (χ2n) is 6.32. The van der Waals surface area contributed by atoms with Crippen LogP contribution >= 0.6 is 0 Å². The van der Waals surface area contributed by atoms with Crippen LogP contribution in [0.5, 0.6) is 0 Å². The highest BCUT2D eigenvalue weighted by molar-refractivity contribution is 7.85. The molecule has 1 aliphatic rings. The predicted molar refractivity (Wildman–Crippen MR) is 105 cm³/mol. The Bertz CT molecular complexity index is 488. The van der Waals surface area contributed by atoms with Gasteiger partial charge in [0.05, 0.1) is 5.69 Å². The third-order valence-electron chi connectivity index (χ3n) is 4.74. The molecule has 1 aliphatic heterocycles. The Morgan fingerprint density at radius 1 is 1.04 bits per heavy atom. The van der Waals surface area contributed by atoms with E-state index in [0.717, 1.165) is 6.54 Å². The van der Waals surface area contributed by atoms with Gasteiger partial charge in [0.2, 0.25) is 0 Å². The third-order valence-corrected chi connectivity index (χ3v) is 5.68. The van der Waals surface area contributed by atoms with Gasteiger partial charge in [-0.3, -0.25) is 4.31 Å². The lowest BCUT2D eigenvalue weighted by atomic mass is 9.74. The van der Waals surface area contributed by atoms with Gasteiger partial charge < -0.3 is 0 Å². The summed E-state index contributed by atoms with van der Waals surface area (Å²) in [4.78, 5) is 0. The molecule has 3 heteroatoms. The van der Waals surface area contributed by atoms with Crippen LogP contribution in [0.4, 0.5) is 5.69 Å². The molecule has 0 fully saturated rings. The normalized spacial score (nSPS) is 20.7. The minimum atomic E-state index is -0.928. The third kappa shape index (κ3) is 4.82. The molecule has 0 aliphatic carbocycles. The summed E-state index contributed by atoms with van der Waals surface area (Å²) in [7, 11) is -0.928. The molecule has 0 saturated carbocycles. The number of nitrogens with zero attached hydrogens (tertiary/aromatic N) is 1. The Balaban J connectivity index is 0.00000127. The predicted octanol–water partition coefficient (Wildman–Crippen LogP) is 5.83. The van der Waals surface area contributed by atoms with Crippen LogP contribution in [-0.2, 0) is 16.4 Å². The highest BCUT2D eigenvalue weighted by Gasteiger charge is 2.42. The average molecular weight is 338 g/mol. The van der Waals surface area contributed by atoms with Crippen LogP contribution in [0, 0.1) is 0 Å². The zero-order chi connectivity index (χ0) is 17.3. The van der Waals surface area contributed by atoms with Crippen molar-refractivity contribution in [3.05, 3.63) is 29.8 Å². The summed E-state index contributed by atoms with van der Waals surface area (Å²) in [5, 5.41) is 0. The van der Waals surface area contributed by atoms with Crippen molar-refractivity contribution in [2.45, 2.75) is 78.1 Å². The molecule has 23 heavy (non-hydrogen) atoms. The number of hydrogen-bond donors (Lipinski definition) is 0. The Labute approximate surface area is 146 Å². The number of benzene rings is 1. The van der Waals surface area contributed by atoms with Gasteiger partial charge in [0.25, 0.3) is 0 Å². The van der Waals surface area contributed by atoms with E-state index in [0.29, 0.717) is 0 Å². The molecule has 0 amide bonds. The zero-order valence-corrected chi connectivity index (χ0v) is 16.5. The van der Waals surface area contributed by atoms with Crippen LogP contribution in [0.3, 0.4) is 0 Å². The fourth-order valence-corrected chi connectivity index (χ4v) is 4.60. The summed E-state index contributed by atoms with van der Waals surface area (Å²) < 4.78 is 14.2. The Hall–Kier alpha value is -0.830. The van der Waals surface area contributed by atoms with Gasteiger partial charge in [0.1, 0.15) is 11.0 Å². The highest BCUT2D eigenvalue weighted by atomic mass is 32.2. The standard InChI is InChI=1S/C18H29NOS.C2H6/c1-4-6-7-10-14-18(13-5-2)15-19(21(3)20)17-12-9-8-11-16(17)18;1-2/h8-9,11-12H,4-7,10,13-15H2,1-3H3;1-2H3. The van der Waals surface area contributed by atoms with E-state index < -0.39 is 11.0 Å². The monoisotopic (exact) mass is 337 g/mol. The van der Waals surface area contributed by atoms with Crippen molar-refractivity contribution in [1.82, 2.24) is 0 Å². The van der Waals surface area contributed by atoms with E-state index in [1.54, 1.807) is 6.26 Å². The van der Waals surface area contributed by atoms with Crippen LogP contribution in [-0.4, -0.2) is 17.0 Å². The fourth-order valence-electron chi connectivity index (χ4n) is 3.74. The molecule has 132 valence electrons. The Kier molecular flexibility index (Phi) is 8.90. The lowest BCUT2D eigenvalue weighted by Crippen LogP contribution is -2.34. The van der Waals surface area contributed by atoms with Crippen molar-refractivity contribution < 1.29 is 4.21 Å². The van der Waals surface area contributed by atoms with Gasteiger partial charge in [-0.2, -0.15) is 0 Å². The Morgan fingerprint density at radius 2 is 1.74 bits per heavy atom. The van der Waals surface area contributed by atoms with Crippen molar-refractivity contribution >= 4 is 16.7 Å². The number of anilines is 1. The van der Waals surface area contributed by atoms with E-state index in [4.69, 9.17) is 0 Å². The molecule has 2 atom stereocenters. The van der Waals surface area contributed by atoms with Gasteiger partial charge in [0.15, 0.2) is 0 Å². The quantitative estimate of drug-likeness (QED) is 0.546. The van der Waals surface area contributed by atoms with E-state index in [-0.39, 0.29) is 5.41 Å². The molecule has 0 saturated heterocycles. The average Bonchev–Trinajstić information content (AvgIpc) is 2.90. The first-order chi connectivity index (χ1) is 11.1. The van der Waals surface area contributed by atoms with Gasteiger partial charge >= 0.3 is 0 Å². The molecule has 1 heterocycles. The smallest absolute Gasteiger partial charge is 0.116 e. The summed E-state index contributed by atoms with van der Waals surface area (Å²) in [5.41, 5.74) is 2.84. The molecule has 1 aromatic rings. The molecule has 0 radical (unpaired) electrons. The molecule has 2 rings (SSSR count). The summed E-state index contributed by atoms with van der Waals surface area (Å²) in [5.74, 6) is 0. The van der Waals surface area contributed by atoms with Gasteiger partial charge in [-0.25, -0.2) is 4.21 Å². The largest absolute Gasteiger partial charge is 0.291 e. The topological polar surface area (TPSA) is 20.3 Å². The first kappa shape index (κ1) is 20.2. The van der Waals surface area contributed by atoms with Crippen molar-refractivity contribution in [3.63, 3.8) is 0 Å². The molecule has 0 N–H and O–H groups in total. The van der Waals surface area contributed by atoms with Gasteiger partial charge in [-0.15, -0.1) is 0 Å². The first-order valence-electron chi connectivity index (χ1n) is 9.35. The maximum Gasteiger partial charge on any atom is 0.116 e. The second kappa shape index (κ2) is 10.1. The summed E-state index contributed by atoms with van der Waals surface area (Å²) >= 11 is 0. The lowest BCUT2D eigenvalue weighted by Gasteiger charge is -2.30. The zero-order valence-electron chi connectivity index (χ0n) is 15.7. The number of fused-ring (bicyclic) bond motifs is 1. The maximum absolute atomic E-state index is 12.1. The van der Waals surface area contributed by atoms with Crippen molar-refractivity contribution in [2.75, 3.05) is 17.1 Å². The molecule has 2 nitrogen and oxygen atoms in total. The van der Waals surface area contributed by atoms with Crippen LogP contribution in [0.25, 0.3) is 0 Å². The van der Waals surface area contributed by atoms with E-state index in [1.165, 1.54) is 56.2 Å². The van der Waals surface area contributed by atoms with Gasteiger partial charge in [-0.1, -0.05) is 78.0 Å². The lowest BCUT2D eigenvalue weighted by molar-refractivity contribution is 0.371. The molecule has 2 unspecified atom stereocenters. The molecule has 0 aromatic heterocycles. The number of unbranched alkanes of at least 4 members (excludes halogenated alkanes) is 3. The maximum atomic E-state index is 12.1. The van der Waals surface area contributed by atoms with Crippen molar-refractivity contribution in [3.8, 4) is 0 Å². The van der Waals surface area contributed by atoms with E-state index in [2.05, 4.69) is 42.4 Å². The Morgan fingerprint density at radius 3 is 2.35 bits per heavy atom. The van der Waals surface area contributed by atoms with Crippen molar-refractivity contribution in [2.24, 2.45) is 0 Å². The molecule has 0 bridgehead atoms. The second-order valence-corrected chi connectivity index (χ2v) is 7.61. The molecule has 1 aromatic carbocycles. The van der Waals surface area contributed by atoms with Gasteiger partial charge in [-0.05, 0) is 24.5 Å². The van der Waals surface area contributed by atoms with E-state index in [9.17, 15) is 4.21 Å². The molecule has 0 spiro atoms. The summed E-state index contributed by atoms with van der Waals surface area (Å²) in [6.07, 6.45) is 10.6. The van der Waals surface area contributed by atoms with Crippen LogP contribution < -0.4 is 4.31 Å². The fraction of sp³-hybridized carbons (Fsp3) is 0.700. The summed E-state index contributed by atoms with van der Waals surface area (Å²) in [6, 6.07) is 8.60. The van der Waals surface area contributed by atoms with Crippen LogP contribution in [0.2, 0.25) is 0 Å². The van der Waals surface area contributed by atoms with E-state index in [1.807, 2.05) is 13.8 Å². The first-order valence-corrected chi connectivity index (χ1v) is 10.9. The minimum Gasteiger partial charge on any atom is -0.291 e. The molecular formula is C20H35NOS. The number of rotatable bonds is 8. The van der Waals surface area contributed by atoms with Gasteiger partial charge in [0, 0.05) is 18.2 Å². The number of para-hydroxylation sites is 1. The van der Waals surface area contributed by atoms with Crippen LogP contribution in [0.15, 0.2) is 24.3 Å².